The van der Waals surface area contributed by atoms with E-state index in [1.807, 2.05) is 36.4 Å². The van der Waals surface area contributed by atoms with Crippen molar-refractivity contribution in [3.05, 3.63) is 65.7 Å². The van der Waals surface area contributed by atoms with E-state index < -0.39 is 46.6 Å². The molecule has 2 heterocycles. The molecule has 4 rings (SSSR count). The zero-order valence-electron chi connectivity index (χ0n) is 17.8. The van der Waals surface area contributed by atoms with E-state index in [-0.39, 0.29) is 12.0 Å². The molecule has 2 fully saturated rings. The lowest BCUT2D eigenvalue weighted by atomic mass is 9.52. The number of nitrogens with one attached hydrogen (secondary N) is 1. The van der Waals surface area contributed by atoms with E-state index in [0.717, 1.165) is 17.7 Å². The van der Waals surface area contributed by atoms with Crippen molar-refractivity contribution in [1.29, 1.82) is 21.2 Å². The van der Waals surface area contributed by atoms with E-state index in [4.69, 9.17) is 14.9 Å². The summed E-state index contributed by atoms with van der Waals surface area (Å²) in [4.78, 5) is 0. The number of benzene rings is 2. The van der Waals surface area contributed by atoms with Gasteiger partial charge in [0.2, 0.25) is 17.1 Å². The van der Waals surface area contributed by atoms with Crippen molar-refractivity contribution in [2.24, 2.45) is 16.7 Å². The van der Waals surface area contributed by atoms with Crippen molar-refractivity contribution in [2.75, 3.05) is 0 Å². The minimum atomic E-state index is -4.89. The fraction of sp³-hybridized carbons (Fsp3) is 0.333. The Morgan fingerprint density at radius 2 is 1.62 bits per heavy atom. The van der Waals surface area contributed by atoms with Crippen LogP contribution in [0.5, 0.6) is 5.75 Å². The molecule has 1 N–H and O–H groups in total. The summed E-state index contributed by atoms with van der Waals surface area (Å²) in [6.45, 7) is 1.53. The molecule has 34 heavy (non-hydrogen) atoms. The average Bonchev–Trinajstić information content (AvgIpc) is 2.96. The molecule has 2 bridgehead atoms. The molecule has 2 saturated heterocycles. The predicted octanol–water partition coefficient (Wildman–Crippen LogP) is 4.78. The second-order valence-electron chi connectivity index (χ2n) is 8.26. The molecule has 172 valence electrons. The highest BCUT2D eigenvalue weighted by molar-refractivity contribution is 5.89. The van der Waals surface area contributed by atoms with Crippen LogP contribution in [-0.4, -0.2) is 18.0 Å². The summed E-state index contributed by atoms with van der Waals surface area (Å²) < 4.78 is 53.4. The Labute approximate surface area is 193 Å². The first-order chi connectivity index (χ1) is 16.0. The molecule has 2 aromatic rings. The zero-order chi connectivity index (χ0) is 24.8. The Kier molecular flexibility index (Phi) is 5.27. The molecular formula is C24H17F3N4O3. The largest absolute Gasteiger partial charge is 0.573 e. The number of alkyl halides is 3. The maximum Gasteiger partial charge on any atom is 0.573 e. The molecule has 0 spiro atoms. The molecule has 4 unspecified atom stereocenters. The molecular weight excluding hydrogens is 449 g/mol. The fourth-order valence-electron chi connectivity index (χ4n) is 4.88. The van der Waals surface area contributed by atoms with Crippen LogP contribution >= 0.6 is 0 Å². The van der Waals surface area contributed by atoms with Crippen LogP contribution in [0, 0.1) is 56.2 Å². The minimum Gasteiger partial charge on any atom is -0.448 e. The average molecular weight is 466 g/mol. The first kappa shape index (κ1) is 23.1. The Morgan fingerprint density at radius 1 is 1.00 bits per heavy atom. The van der Waals surface area contributed by atoms with Gasteiger partial charge < -0.3 is 14.2 Å². The minimum absolute atomic E-state index is 0.167. The fourth-order valence-corrected chi connectivity index (χ4v) is 4.88. The van der Waals surface area contributed by atoms with Crippen LogP contribution in [-0.2, 0) is 15.9 Å². The summed E-state index contributed by atoms with van der Waals surface area (Å²) in [6, 6.07) is 19.4. The Hall–Kier alpha value is -4.07. The summed E-state index contributed by atoms with van der Waals surface area (Å²) in [7, 11) is 0. The van der Waals surface area contributed by atoms with E-state index in [0.29, 0.717) is 0 Å². The maximum atomic E-state index is 12.5. The Balaban J connectivity index is 1.84. The van der Waals surface area contributed by atoms with Gasteiger partial charge in [0.05, 0.1) is 24.1 Å². The molecule has 2 aliphatic rings. The van der Waals surface area contributed by atoms with Crippen molar-refractivity contribution in [1.82, 2.24) is 0 Å². The van der Waals surface area contributed by atoms with Gasteiger partial charge in [-0.2, -0.15) is 15.8 Å². The second kappa shape index (κ2) is 7.76. The molecule has 2 aromatic carbocycles. The van der Waals surface area contributed by atoms with Crippen LogP contribution < -0.4 is 4.74 Å². The molecule has 0 aromatic heterocycles. The summed E-state index contributed by atoms with van der Waals surface area (Å²) in [5, 5.41) is 39.4. The Bertz CT molecular complexity index is 1230. The molecule has 2 aliphatic heterocycles. The maximum absolute atomic E-state index is 12.5. The summed E-state index contributed by atoms with van der Waals surface area (Å²) >= 11 is 0. The van der Waals surface area contributed by atoms with Crippen LogP contribution in [0.3, 0.4) is 0 Å². The van der Waals surface area contributed by atoms with E-state index in [1.165, 1.54) is 19.1 Å². The van der Waals surface area contributed by atoms with Gasteiger partial charge in [0.15, 0.2) is 5.41 Å². The molecule has 0 saturated carbocycles. The third-order valence-corrected chi connectivity index (χ3v) is 6.41. The van der Waals surface area contributed by atoms with Gasteiger partial charge in [0.25, 0.3) is 0 Å². The van der Waals surface area contributed by atoms with Gasteiger partial charge in [-0.3, -0.25) is 5.41 Å². The number of fused-ring (bicyclic) bond motifs is 2. The summed E-state index contributed by atoms with van der Waals surface area (Å²) in [5.74, 6) is -3.49. The highest BCUT2D eigenvalue weighted by Crippen LogP contribution is 2.67. The first-order valence-electron chi connectivity index (χ1n) is 10.1. The number of halogens is 3. The van der Waals surface area contributed by atoms with Gasteiger partial charge >= 0.3 is 6.36 Å². The second-order valence-corrected chi connectivity index (χ2v) is 8.26. The predicted molar refractivity (Wildman–Crippen MR) is 110 cm³/mol. The third kappa shape index (κ3) is 3.25. The number of rotatable bonds is 4. The van der Waals surface area contributed by atoms with Gasteiger partial charge in [0.1, 0.15) is 11.9 Å². The van der Waals surface area contributed by atoms with Gasteiger partial charge in [-0.25, -0.2) is 0 Å². The number of hydrogen-bond donors (Lipinski definition) is 1. The topological polar surface area (TPSA) is 123 Å². The van der Waals surface area contributed by atoms with Crippen LogP contribution in [0.25, 0.3) is 0 Å². The lowest BCUT2D eigenvalue weighted by molar-refractivity contribution is -0.274. The van der Waals surface area contributed by atoms with Gasteiger partial charge in [-0.1, -0.05) is 42.5 Å². The molecule has 7 nitrogen and oxygen atoms in total. The van der Waals surface area contributed by atoms with Gasteiger partial charge in [0, 0.05) is 6.92 Å². The molecule has 0 radical (unpaired) electrons. The van der Waals surface area contributed by atoms with Crippen molar-refractivity contribution < 1.29 is 27.4 Å². The van der Waals surface area contributed by atoms with Crippen molar-refractivity contribution in [2.45, 2.75) is 31.6 Å². The van der Waals surface area contributed by atoms with E-state index in [1.54, 1.807) is 12.1 Å². The third-order valence-electron chi connectivity index (χ3n) is 6.41. The summed E-state index contributed by atoms with van der Waals surface area (Å²) in [6.07, 6.45) is -6.09. The van der Waals surface area contributed by atoms with E-state index >= 15 is 0 Å². The monoisotopic (exact) mass is 466 g/mol. The van der Waals surface area contributed by atoms with Gasteiger partial charge in [-0.05, 0) is 29.7 Å². The van der Waals surface area contributed by atoms with Crippen LogP contribution in [0.1, 0.15) is 24.2 Å². The molecule has 10 heteroatoms. The number of nitrogens with zero attached hydrogens (tertiary/aromatic N) is 3. The van der Waals surface area contributed by atoms with Crippen LogP contribution in [0.2, 0.25) is 0 Å². The number of hydrogen-bond acceptors (Lipinski definition) is 7. The smallest absolute Gasteiger partial charge is 0.448 e. The van der Waals surface area contributed by atoms with Crippen molar-refractivity contribution in [3.63, 3.8) is 0 Å². The van der Waals surface area contributed by atoms with Crippen LogP contribution in [0.4, 0.5) is 13.2 Å². The van der Waals surface area contributed by atoms with Crippen molar-refractivity contribution in [3.8, 4) is 24.0 Å². The Morgan fingerprint density at radius 3 is 2.15 bits per heavy atom. The standard InChI is InChI=1S/C24H17F3N4O3/c1-21-18(11-15-5-3-2-4-6-15)23(14-30,20(31)34-21)22(12-28,13-29)19(33-21)16-7-9-17(10-8-16)32-24(25,26)27/h2-10,18-19,31H,11H2,1H3. The first-order valence-corrected chi connectivity index (χ1v) is 10.1. The van der Waals surface area contributed by atoms with Gasteiger partial charge in [-0.15, -0.1) is 13.2 Å². The highest BCUT2D eigenvalue weighted by Gasteiger charge is 2.79. The summed E-state index contributed by atoms with van der Waals surface area (Å²) in [5.41, 5.74) is -3.26. The SMILES string of the molecule is CC12OC(=N)C(C#N)(C1Cc1ccccc1)C(C#N)(C#N)C(c1ccc(OC(F)(F)F)cc1)O2. The zero-order valence-corrected chi connectivity index (χ0v) is 17.8. The number of nitriles is 3. The van der Waals surface area contributed by atoms with Crippen molar-refractivity contribution >= 4 is 5.90 Å². The van der Waals surface area contributed by atoms with Crippen LogP contribution in [0.15, 0.2) is 54.6 Å². The molecule has 0 amide bonds. The lowest BCUT2D eigenvalue weighted by Gasteiger charge is -2.48. The highest BCUT2D eigenvalue weighted by atomic mass is 19.4. The quantitative estimate of drug-likeness (QED) is 0.692. The number of ether oxygens (including phenoxy) is 3. The lowest BCUT2D eigenvalue weighted by Crippen LogP contribution is -2.59. The molecule has 0 aliphatic carbocycles. The van der Waals surface area contributed by atoms with E-state index in [2.05, 4.69) is 4.74 Å². The normalized spacial score (nSPS) is 29.3. The molecule has 4 atom stereocenters. The van der Waals surface area contributed by atoms with E-state index in [9.17, 15) is 29.0 Å².